The summed E-state index contributed by atoms with van der Waals surface area (Å²) < 4.78 is 5.87. The Morgan fingerprint density at radius 1 is 0.739 bits per heavy atom. The molecule has 7 heteroatoms. The fraction of sp³-hybridized carbons (Fsp3) is 0.308. The van der Waals surface area contributed by atoms with Crippen molar-refractivity contribution in [3.05, 3.63) is 131 Å². The minimum Gasteiger partial charge on any atom is -0.492 e. The van der Waals surface area contributed by atoms with Crippen LogP contribution in [0, 0.1) is 5.92 Å². The number of unbranched alkanes of at least 4 members (excludes halogenated alkanes) is 3. The number of carbonyl (C=O) groups excluding carboxylic acids is 2. The number of hydrogen-bond donors (Lipinski definition) is 3. The van der Waals surface area contributed by atoms with Crippen molar-refractivity contribution in [2.45, 2.75) is 57.9 Å². The SMILES string of the molecule is CCCCCCC(Cc1ccccc1)C(=O)NCCOc1ccc(CC(Nc2ccccc2C(=O)c2ccccc2)C(=O)O)cc1. The van der Waals surface area contributed by atoms with Crippen molar-refractivity contribution in [3.8, 4) is 5.75 Å². The monoisotopic (exact) mass is 620 g/mol. The summed E-state index contributed by atoms with van der Waals surface area (Å²) in [6.07, 6.45) is 6.32. The Morgan fingerprint density at radius 2 is 1.39 bits per heavy atom. The molecule has 1 amide bonds. The van der Waals surface area contributed by atoms with Gasteiger partial charge < -0.3 is 20.5 Å². The van der Waals surface area contributed by atoms with E-state index in [1.165, 1.54) is 12.0 Å². The number of carboxylic acids is 1. The molecule has 0 radical (unpaired) electrons. The molecule has 0 bridgehead atoms. The molecule has 0 saturated carbocycles. The van der Waals surface area contributed by atoms with Gasteiger partial charge in [0.1, 0.15) is 18.4 Å². The van der Waals surface area contributed by atoms with Gasteiger partial charge in [0, 0.05) is 29.2 Å². The molecule has 2 atom stereocenters. The van der Waals surface area contributed by atoms with E-state index in [1.807, 2.05) is 36.4 Å². The smallest absolute Gasteiger partial charge is 0.326 e. The van der Waals surface area contributed by atoms with Gasteiger partial charge in [-0.05, 0) is 48.2 Å². The van der Waals surface area contributed by atoms with Gasteiger partial charge in [-0.2, -0.15) is 0 Å². The molecule has 0 saturated heterocycles. The Hall–Kier alpha value is -4.91. The van der Waals surface area contributed by atoms with Crippen LogP contribution in [0.25, 0.3) is 0 Å². The molecular formula is C39H44N2O5. The van der Waals surface area contributed by atoms with E-state index < -0.39 is 12.0 Å². The Morgan fingerprint density at radius 3 is 2.09 bits per heavy atom. The van der Waals surface area contributed by atoms with Gasteiger partial charge in [0.25, 0.3) is 0 Å². The zero-order valence-electron chi connectivity index (χ0n) is 26.5. The molecule has 4 aromatic carbocycles. The molecule has 0 heterocycles. The highest BCUT2D eigenvalue weighted by molar-refractivity contribution is 6.12. The van der Waals surface area contributed by atoms with Crippen molar-refractivity contribution in [3.63, 3.8) is 0 Å². The number of hydrogen-bond acceptors (Lipinski definition) is 5. The summed E-state index contributed by atoms with van der Waals surface area (Å²) in [5.41, 5.74) is 3.39. The summed E-state index contributed by atoms with van der Waals surface area (Å²) in [7, 11) is 0. The first kappa shape index (κ1) is 34.0. The van der Waals surface area contributed by atoms with Crippen molar-refractivity contribution in [2.24, 2.45) is 5.92 Å². The van der Waals surface area contributed by atoms with Crippen LogP contribution in [-0.2, 0) is 22.4 Å². The predicted molar refractivity (Wildman–Crippen MR) is 182 cm³/mol. The largest absolute Gasteiger partial charge is 0.492 e. The molecule has 0 aromatic heterocycles. The molecule has 4 rings (SSSR count). The highest BCUT2D eigenvalue weighted by Gasteiger charge is 2.22. The Labute approximate surface area is 272 Å². The van der Waals surface area contributed by atoms with Crippen LogP contribution in [0.2, 0.25) is 0 Å². The first-order valence-corrected chi connectivity index (χ1v) is 16.2. The van der Waals surface area contributed by atoms with Crippen LogP contribution < -0.4 is 15.4 Å². The van der Waals surface area contributed by atoms with E-state index in [0.29, 0.717) is 35.7 Å². The summed E-state index contributed by atoms with van der Waals surface area (Å²) in [5.74, 6) is -0.577. The lowest BCUT2D eigenvalue weighted by atomic mass is 9.92. The van der Waals surface area contributed by atoms with Crippen LogP contribution in [0.3, 0.4) is 0 Å². The molecule has 46 heavy (non-hydrogen) atoms. The number of amides is 1. The van der Waals surface area contributed by atoms with E-state index in [2.05, 4.69) is 29.7 Å². The maximum absolute atomic E-state index is 13.1. The lowest BCUT2D eigenvalue weighted by molar-refractivity contribution is -0.137. The van der Waals surface area contributed by atoms with Crippen molar-refractivity contribution in [1.82, 2.24) is 5.32 Å². The average molecular weight is 621 g/mol. The molecule has 2 unspecified atom stereocenters. The van der Waals surface area contributed by atoms with Gasteiger partial charge in [0.2, 0.25) is 5.91 Å². The first-order chi connectivity index (χ1) is 22.4. The van der Waals surface area contributed by atoms with Gasteiger partial charge in [-0.1, -0.05) is 118 Å². The highest BCUT2D eigenvalue weighted by Crippen LogP contribution is 2.22. The quantitative estimate of drug-likeness (QED) is 0.0748. The van der Waals surface area contributed by atoms with Crippen LogP contribution >= 0.6 is 0 Å². The van der Waals surface area contributed by atoms with E-state index in [-0.39, 0.29) is 24.0 Å². The number of rotatable bonds is 19. The molecule has 7 nitrogen and oxygen atoms in total. The van der Waals surface area contributed by atoms with E-state index >= 15 is 0 Å². The molecule has 0 aliphatic carbocycles. The topological polar surface area (TPSA) is 105 Å². The minimum absolute atomic E-state index is 0.0542. The van der Waals surface area contributed by atoms with Gasteiger partial charge in [-0.15, -0.1) is 0 Å². The van der Waals surface area contributed by atoms with E-state index in [9.17, 15) is 19.5 Å². The van der Waals surface area contributed by atoms with Crippen LogP contribution in [0.4, 0.5) is 5.69 Å². The van der Waals surface area contributed by atoms with Crippen LogP contribution in [0.5, 0.6) is 5.75 Å². The Bertz CT molecular complexity index is 1520. The summed E-state index contributed by atoms with van der Waals surface area (Å²) in [4.78, 5) is 38.3. The van der Waals surface area contributed by atoms with Crippen molar-refractivity contribution in [2.75, 3.05) is 18.5 Å². The summed E-state index contributed by atoms with van der Waals surface area (Å²) in [6, 6.07) is 32.3. The van der Waals surface area contributed by atoms with E-state index in [1.54, 1.807) is 60.7 Å². The van der Waals surface area contributed by atoms with Gasteiger partial charge in [-0.25, -0.2) is 4.79 Å². The fourth-order valence-electron chi connectivity index (χ4n) is 5.43. The number of para-hydroxylation sites is 1. The second-order valence-electron chi connectivity index (χ2n) is 11.5. The molecule has 3 N–H and O–H groups in total. The number of nitrogens with one attached hydrogen (secondary N) is 2. The number of benzene rings is 4. The minimum atomic E-state index is -1.02. The second-order valence-corrected chi connectivity index (χ2v) is 11.5. The zero-order valence-corrected chi connectivity index (χ0v) is 26.5. The Balaban J connectivity index is 1.28. The third-order valence-electron chi connectivity index (χ3n) is 7.97. The van der Waals surface area contributed by atoms with Gasteiger partial charge in [0.15, 0.2) is 5.78 Å². The second kappa shape index (κ2) is 18.2. The lowest BCUT2D eigenvalue weighted by Crippen LogP contribution is -2.34. The summed E-state index contributed by atoms with van der Waals surface area (Å²) in [6.45, 7) is 2.90. The van der Waals surface area contributed by atoms with Gasteiger partial charge in [0.05, 0.1) is 6.54 Å². The van der Waals surface area contributed by atoms with Gasteiger partial charge in [-0.3, -0.25) is 9.59 Å². The number of aliphatic carboxylic acids is 1. The third-order valence-corrected chi connectivity index (χ3v) is 7.97. The van der Waals surface area contributed by atoms with E-state index in [0.717, 1.165) is 37.7 Å². The van der Waals surface area contributed by atoms with Crippen LogP contribution in [0.15, 0.2) is 109 Å². The van der Waals surface area contributed by atoms with Crippen LogP contribution in [0.1, 0.15) is 66.1 Å². The van der Waals surface area contributed by atoms with Crippen molar-refractivity contribution in [1.29, 1.82) is 0 Å². The third kappa shape index (κ3) is 10.6. The number of anilines is 1. The van der Waals surface area contributed by atoms with E-state index in [4.69, 9.17) is 4.74 Å². The Kier molecular flexibility index (Phi) is 13.4. The standard InChI is InChI=1S/C39H44N2O5/c1-2-3-4-9-18-32(27-29-14-7-5-8-15-29)38(43)40-25-26-46-33-23-21-30(22-24-33)28-36(39(44)45)41-35-20-13-12-19-34(35)37(42)31-16-10-6-11-17-31/h5-8,10-17,19-24,32,36,41H,2-4,9,18,25-28H2,1H3,(H,40,43)(H,44,45). The summed E-state index contributed by atoms with van der Waals surface area (Å²) in [5, 5.41) is 16.1. The zero-order chi connectivity index (χ0) is 32.6. The highest BCUT2D eigenvalue weighted by atomic mass is 16.5. The maximum atomic E-state index is 13.1. The lowest BCUT2D eigenvalue weighted by Gasteiger charge is -2.19. The average Bonchev–Trinajstić information content (AvgIpc) is 3.09. The predicted octanol–water partition coefficient (Wildman–Crippen LogP) is 7.35. The number of ether oxygens (including phenoxy) is 1. The molecular weight excluding hydrogens is 576 g/mol. The molecule has 0 aliphatic heterocycles. The molecule has 4 aromatic rings. The molecule has 0 fully saturated rings. The molecule has 240 valence electrons. The van der Waals surface area contributed by atoms with Crippen molar-refractivity contribution >= 4 is 23.3 Å². The normalized spacial score (nSPS) is 12.1. The first-order valence-electron chi connectivity index (χ1n) is 16.2. The molecule has 0 spiro atoms. The number of carboxylic acid groups (broad SMARTS) is 1. The molecule has 0 aliphatic rings. The fourth-order valence-corrected chi connectivity index (χ4v) is 5.43. The van der Waals surface area contributed by atoms with Gasteiger partial charge >= 0.3 is 5.97 Å². The van der Waals surface area contributed by atoms with Crippen molar-refractivity contribution < 1.29 is 24.2 Å². The number of carbonyl (C=O) groups is 3. The number of ketones is 1. The maximum Gasteiger partial charge on any atom is 0.326 e. The van der Waals surface area contributed by atoms with Crippen LogP contribution in [-0.4, -0.2) is 42.0 Å². The summed E-state index contributed by atoms with van der Waals surface area (Å²) >= 11 is 0.